The number of nitrogens with zero attached hydrogens (tertiary/aromatic N) is 1. The van der Waals surface area contributed by atoms with Crippen LogP contribution in [0.15, 0.2) is 42.5 Å². The Hall–Kier alpha value is -2.86. The third-order valence-electron chi connectivity index (χ3n) is 6.06. The average Bonchev–Trinajstić information content (AvgIpc) is 3.27. The van der Waals surface area contributed by atoms with Gasteiger partial charge in [-0.25, -0.2) is 0 Å². The van der Waals surface area contributed by atoms with E-state index in [0.717, 1.165) is 37.0 Å². The Morgan fingerprint density at radius 1 is 1.23 bits per heavy atom. The molecule has 2 aromatic carbocycles. The van der Waals surface area contributed by atoms with E-state index in [1.165, 1.54) is 5.56 Å². The van der Waals surface area contributed by atoms with Crippen LogP contribution in [0.3, 0.4) is 0 Å². The van der Waals surface area contributed by atoms with Crippen molar-refractivity contribution in [3.05, 3.63) is 59.2 Å². The molecule has 31 heavy (non-hydrogen) atoms. The van der Waals surface area contributed by atoms with Gasteiger partial charge >= 0.3 is 0 Å². The molecule has 2 unspecified atom stereocenters. The van der Waals surface area contributed by atoms with E-state index in [1.807, 2.05) is 43.3 Å². The van der Waals surface area contributed by atoms with Crippen molar-refractivity contribution in [2.45, 2.75) is 51.7 Å². The zero-order chi connectivity index (χ0) is 21.8. The second kappa shape index (κ2) is 9.52. The van der Waals surface area contributed by atoms with Crippen molar-refractivity contribution < 1.29 is 19.1 Å². The molecule has 2 aromatic rings. The summed E-state index contributed by atoms with van der Waals surface area (Å²) in [5, 5.41) is 3.01. The fourth-order valence-corrected chi connectivity index (χ4v) is 4.44. The minimum Gasteiger partial charge on any atom is -0.489 e. The molecule has 1 fully saturated rings. The highest BCUT2D eigenvalue weighted by Crippen LogP contribution is 2.33. The lowest BCUT2D eigenvalue weighted by atomic mass is 9.90. The second-order valence-corrected chi connectivity index (χ2v) is 8.37. The highest BCUT2D eigenvalue weighted by Gasteiger charge is 2.30. The normalized spacial score (nSPS) is 20.3. The number of nitrogens with one attached hydrogen (secondary N) is 1. The number of hydrogen-bond donors (Lipinski definition) is 1. The van der Waals surface area contributed by atoms with Gasteiger partial charge in [-0.2, -0.15) is 0 Å². The first kappa shape index (κ1) is 21.4. The summed E-state index contributed by atoms with van der Waals surface area (Å²) in [5.41, 5.74) is 3.96. The van der Waals surface area contributed by atoms with Crippen LogP contribution in [0, 0.1) is 6.92 Å². The summed E-state index contributed by atoms with van der Waals surface area (Å²) in [6.07, 6.45) is 3.17. The van der Waals surface area contributed by atoms with E-state index in [4.69, 9.17) is 9.47 Å². The Labute approximate surface area is 183 Å². The molecule has 2 atom stereocenters. The van der Waals surface area contributed by atoms with Crippen molar-refractivity contribution in [2.75, 3.05) is 25.1 Å². The highest BCUT2D eigenvalue weighted by atomic mass is 16.5. The molecule has 1 N–H and O–H groups in total. The lowest BCUT2D eigenvalue weighted by Gasteiger charge is -2.36. The molecule has 0 radical (unpaired) electrons. The number of ether oxygens (including phenoxy) is 2. The maximum Gasteiger partial charge on any atom is 0.226 e. The molecule has 2 aliphatic heterocycles. The van der Waals surface area contributed by atoms with Crippen molar-refractivity contribution in [1.29, 1.82) is 0 Å². The van der Waals surface area contributed by atoms with Crippen LogP contribution < -0.4 is 10.1 Å². The van der Waals surface area contributed by atoms with Crippen LogP contribution >= 0.6 is 0 Å². The number of carbonyl (C=O) groups is 2. The van der Waals surface area contributed by atoms with Gasteiger partial charge in [0.25, 0.3) is 0 Å². The van der Waals surface area contributed by atoms with Gasteiger partial charge in [-0.05, 0) is 55.0 Å². The standard InChI is InChI=1S/C25H30N2O4/c1-17-9-10-22(24(14-17)31-16-20-7-5-13-30-20)26-25(29)15-23-21-8-4-3-6-19(21)11-12-27(23)18(2)28/h3-4,6,8-10,14,20,23H,5,7,11-13,15-16H2,1-2H3,(H,26,29). The van der Waals surface area contributed by atoms with E-state index in [-0.39, 0.29) is 30.4 Å². The predicted octanol–water partition coefficient (Wildman–Crippen LogP) is 4.03. The van der Waals surface area contributed by atoms with Crippen LogP contribution in [0.5, 0.6) is 5.75 Å². The SMILES string of the molecule is CC(=O)N1CCc2ccccc2C1CC(=O)Nc1ccc(C)cc1OCC1CCCO1. The van der Waals surface area contributed by atoms with E-state index in [9.17, 15) is 9.59 Å². The summed E-state index contributed by atoms with van der Waals surface area (Å²) in [7, 11) is 0. The minimum atomic E-state index is -0.260. The van der Waals surface area contributed by atoms with Gasteiger partial charge in [-0.15, -0.1) is 0 Å². The largest absolute Gasteiger partial charge is 0.489 e. The van der Waals surface area contributed by atoms with Crippen LogP contribution in [-0.4, -0.2) is 42.6 Å². The fourth-order valence-electron chi connectivity index (χ4n) is 4.44. The summed E-state index contributed by atoms with van der Waals surface area (Å²) in [6, 6.07) is 13.6. The number of rotatable bonds is 6. The molecule has 6 heteroatoms. The van der Waals surface area contributed by atoms with Gasteiger partial charge in [0.1, 0.15) is 12.4 Å². The van der Waals surface area contributed by atoms with E-state index in [2.05, 4.69) is 11.4 Å². The number of aryl methyl sites for hydroxylation is 1. The molecule has 2 heterocycles. The van der Waals surface area contributed by atoms with Gasteiger partial charge in [0.05, 0.1) is 24.3 Å². The molecule has 6 nitrogen and oxygen atoms in total. The molecule has 0 aliphatic carbocycles. The Morgan fingerprint density at radius 2 is 2.06 bits per heavy atom. The lowest BCUT2D eigenvalue weighted by Crippen LogP contribution is -2.40. The zero-order valence-electron chi connectivity index (χ0n) is 18.2. The monoisotopic (exact) mass is 422 g/mol. The quantitative estimate of drug-likeness (QED) is 0.763. The maximum atomic E-state index is 13.0. The minimum absolute atomic E-state index is 0.0109. The number of amides is 2. The lowest BCUT2D eigenvalue weighted by molar-refractivity contribution is -0.132. The molecule has 0 saturated carbocycles. The van der Waals surface area contributed by atoms with Gasteiger partial charge in [-0.1, -0.05) is 30.3 Å². The van der Waals surface area contributed by atoms with Gasteiger partial charge < -0.3 is 19.7 Å². The second-order valence-electron chi connectivity index (χ2n) is 8.37. The first-order chi connectivity index (χ1) is 15.0. The van der Waals surface area contributed by atoms with Gasteiger partial charge in [0.15, 0.2) is 0 Å². The number of benzene rings is 2. The van der Waals surface area contributed by atoms with E-state index >= 15 is 0 Å². The van der Waals surface area contributed by atoms with Crippen molar-refractivity contribution >= 4 is 17.5 Å². The van der Waals surface area contributed by atoms with Gasteiger partial charge in [-0.3, -0.25) is 9.59 Å². The van der Waals surface area contributed by atoms with E-state index < -0.39 is 0 Å². The van der Waals surface area contributed by atoms with Crippen molar-refractivity contribution in [3.63, 3.8) is 0 Å². The summed E-state index contributed by atoms with van der Waals surface area (Å²) in [5.74, 6) is 0.498. The van der Waals surface area contributed by atoms with Crippen LogP contribution in [0.25, 0.3) is 0 Å². The summed E-state index contributed by atoms with van der Waals surface area (Å²) in [4.78, 5) is 27.0. The van der Waals surface area contributed by atoms with Crippen LogP contribution in [0.2, 0.25) is 0 Å². The molecule has 2 amide bonds. The Morgan fingerprint density at radius 3 is 2.84 bits per heavy atom. The Balaban J connectivity index is 1.48. The Kier molecular flexibility index (Phi) is 6.56. The van der Waals surface area contributed by atoms with E-state index in [0.29, 0.717) is 24.6 Å². The molecule has 0 bridgehead atoms. The van der Waals surface area contributed by atoms with Crippen LogP contribution in [0.1, 0.15) is 48.9 Å². The maximum absolute atomic E-state index is 13.0. The van der Waals surface area contributed by atoms with Crippen molar-refractivity contribution in [3.8, 4) is 5.75 Å². The highest BCUT2D eigenvalue weighted by molar-refractivity contribution is 5.93. The average molecular weight is 423 g/mol. The van der Waals surface area contributed by atoms with E-state index in [1.54, 1.807) is 11.8 Å². The molecule has 1 saturated heterocycles. The number of carbonyl (C=O) groups excluding carboxylic acids is 2. The van der Waals surface area contributed by atoms with Crippen LogP contribution in [0.4, 0.5) is 5.69 Å². The summed E-state index contributed by atoms with van der Waals surface area (Å²) >= 11 is 0. The molecular weight excluding hydrogens is 392 g/mol. The zero-order valence-corrected chi connectivity index (χ0v) is 18.2. The molecule has 2 aliphatic rings. The van der Waals surface area contributed by atoms with Gasteiger partial charge in [0.2, 0.25) is 11.8 Å². The third kappa shape index (κ3) is 5.07. The number of anilines is 1. The molecule has 0 spiro atoms. The fraction of sp³-hybridized carbons (Fsp3) is 0.440. The first-order valence-corrected chi connectivity index (χ1v) is 11.0. The number of hydrogen-bond acceptors (Lipinski definition) is 4. The molecular formula is C25H30N2O4. The van der Waals surface area contributed by atoms with Crippen molar-refractivity contribution in [2.24, 2.45) is 0 Å². The predicted molar refractivity (Wildman–Crippen MR) is 119 cm³/mol. The summed E-state index contributed by atoms with van der Waals surface area (Å²) < 4.78 is 11.6. The summed E-state index contributed by atoms with van der Waals surface area (Å²) in [6.45, 7) is 5.44. The first-order valence-electron chi connectivity index (χ1n) is 11.0. The van der Waals surface area contributed by atoms with Crippen molar-refractivity contribution in [1.82, 2.24) is 4.90 Å². The Bertz CT molecular complexity index is 952. The van der Waals surface area contributed by atoms with Crippen LogP contribution in [-0.2, 0) is 20.7 Å². The molecule has 4 rings (SSSR count). The van der Waals surface area contributed by atoms with Gasteiger partial charge in [0, 0.05) is 20.1 Å². The molecule has 0 aromatic heterocycles. The third-order valence-corrected chi connectivity index (χ3v) is 6.06. The molecule has 164 valence electrons. The number of fused-ring (bicyclic) bond motifs is 1. The topological polar surface area (TPSA) is 67.9 Å². The smallest absolute Gasteiger partial charge is 0.226 e.